The molecule has 132 valence electrons. The Labute approximate surface area is 147 Å². The van der Waals surface area contributed by atoms with E-state index < -0.39 is 16.9 Å². The number of nitro benzene ring substituents is 1. The molecule has 0 aliphatic rings. The van der Waals surface area contributed by atoms with E-state index in [1.807, 2.05) is 24.3 Å². The maximum absolute atomic E-state index is 12.3. The maximum atomic E-state index is 12.3. The van der Waals surface area contributed by atoms with Crippen LogP contribution in [0.2, 0.25) is 0 Å². The summed E-state index contributed by atoms with van der Waals surface area (Å²) < 4.78 is 5.63. The Kier molecular flexibility index (Phi) is 5.41. The van der Waals surface area contributed by atoms with Crippen LogP contribution in [-0.4, -0.2) is 16.9 Å². The Bertz CT molecular complexity index is 764. The van der Waals surface area contributed by atoms with E-state index in [0.29, 0.717) is 5.75 Å². The van der Waals surface area contributed by atoms with E-state index in [2.05, 4.69) is 26.1 Å². The standard InChI is InChI=1S/C19H22N2O4/c1-13(25-15-11-9-14(10-12-15)19(2,3)4)18(22)20-16-7-5-6-8-17(16)21(23)24/h5-13H,1-4H3,(H,20,22)/t13-/m1/s1. The van der Waals surface area contributed by atoms with Crippen molar-refractivity contribution in [1.82, 2.24) is 0 Å². The number of anilines is 1. The van der Waals surface area contributed by atoms with Gasteiger partial charge in [0.25, 0.3) is 11.6 Å². The highest BCUT2D eigenvalue weighted by Gasteiger charge is 2.20. The zero-order valence-corrected chi connectivity index (χ0v) is 14.8. The van der Waals surface area contributed by atoms with Crippen molar-refractivity contribution in [3.05, 3.63) is 64.2 Å². The molecule has 0 fully saturated rings. The van der Waals surface area contributed by atoms with Gasteiger partial charge < -0.3 is 10.1 Å². The predicted molar refractivity (Wildman–Crippen MR) is 97.0 cm³/mol. The molecule has 2 aromatic carbocycles. The monoisotopic (exact) mass is 342 g/mol. The van der Waals surface area contributed by atoms with Crippen LogP contribution < -0.4 is 10.1 Å². The van der Waals surface area contributed by atoms with Crippen molar-refractivity contribution in [1.29, 1.82) is 0 Å². The Hall–Kier alpha value is -2.89. The predicted octanol–water partition coefficient (Wildman–Crippen LogP) is 4.30. The van der Waals surface area contributed by atoms with Gasteiger partial charge in [-0.25, -0.2) is 0 Å². The maximum Gasteiger partial charge on any atom is 0.292 e. The van der Waals surface area contributed by atoms with Crippen LogP contribution in [0.1, 0.15) is 33.3 Å². The van der Waals surface area contributed by atoms with Gasteiger partial charge >= 0.3 is 0 Å². The molecule has 2 aromatic rings. The lowest BCUT2D eigenvalue weighted by Crippen LogP contribution is -2.30. The Balaban J connectivity index is 2.05. The molecule has 1 N–H and O–H groups in total. The van der Waals surface area contributed by atoms with Crippen LogP contribution in [0.5, 0.6) is 5.75 Å². The number of nitro groups is 1. The van der Waals surface area contributed by atoms with Gasteiger partial charge in [0.05, 0.1) is 4.92 Å². The molecule has 6 nitrogen and oxygen atoms in total. The zero-order chi connectivity index (χ0) is 18.6. The molecular formula is C19H22N2O4. The third kappa shape index (κ3) is 4.79. The summed E-state index contributed by atoms with van der Waals surface area (Å²) in [7, 11) is 0. The minimum Gasteiger partial charge on any atom is -0.481 e. The highest BCUT2D eigenvalue weighted by Crippen LogP contribution is 2.26. The third-order valence-corrected chi connectivity index (χ3v) is 3.76. The van der Waals surface area contributed by atoms with Crippen molar-refractivity contribution < 1.29 is 14.5 Å². The molecule has 0 bridgehead atoms. The number of ether oxygens (including phenoxy) is 1. The first-order chi connectivity index (χ1) is 11.7. The van der Waals surface area contributed by atoms with Crippen molar-refractivity contribution in [3.63, 3.8) is 0 Å². The molecule has 0 aliphatic carbocycles. The molecule has 6 heteroatoms. The third-order valence-electron chi connectivity index (χ3n) is 3.76. The number of carbonyl (C=O) groups excluding carboxylic acids is 1. The second kappa shape index (κ2) is 7.34. The van der Waals surface area contributed by atoms with Gasteiger partial charge in [0.1, 0.15) is 11.4 Å². The van der Waals surface area contributed by atoms with Gasteiger partial charge in [-0.15, -0.1) is 0 Å². The number of nitrogens with zero attached hydrogens (tertiary/aromatic N) is 1. The zero-order valence-electron chi connectivity index (χ0n) is 14.8. The van der Waals surface area contributed by atoms with Gasteiger partial charge in [-0.3, -0.25) is 14.9 Å². The summed E-state index contributed by atoms with van der Waals surface area (Å²) in [5.41, 5.74) is 1.19. The van der Waals surface area contributed by atoms with Crippen molar-refractivity contribution in [2.24, 2.45) is 0 Å². The minimum atomic E-state index is -0.791. The molecule has 2 rings (SSSR count). The first-order valence-corrected chi connectivity index (χ1v) is 8.00. The molecule has 0 unspecified atom stereocenters. The van der Waals surface area contributed by atoms with Crippen LogP contribution in [0.15, 0.2) is 48.5 Å². The number of rotatable bonds is 5. The van der Waals surface area contributed by atoms with E-state index in [0.717, 1.165) is 5.56 Å². The number of benzene rings is 2. The van der Waals surface area contributed by atoms with E-state index in [1.165, 1.54) is 12.1 Å². The van der Waals surface area contributed by atoms with Crippen molar-refractivity contribution in [2.75, 3.05) is 5.32 Å². The summed E-state index contributed by atoms with van der Waals surface area (Å²) in [6.45, 7) is 7.95. The summed E-state index contributed by atoms with van der Waals surface area (Å²) in [5.74, 6) is 0.118. The summed E-state index contributed by atoms with van der Waals surface area (Å²) in [6, 6.07) is 13.5. The normalized spacial score (nSPS) is 12.3. The van der Waals surface area contributed by atoms with E-state index >= 15 is 0 Å². The molecular weight excluding hydrogens is 320 g/mol. The van der Waals surface area contributed by atoms with Gasteiger partial charge in [-0.1, -0.05) is 45.0 Å². The molecule has 0 heterocycles. The molecule has 0 saturated carbocycles. The lowest BCUT2D eigenvalue weighted by molar-refractivity contribution is -0.383. The van der Waals surface area contributed by atoms with Crippen LogP contribution in [0.4, 0.5) is 11.4 Å². The number of carbonyl (C=O) groups is 1. The van der Waals surface area contributed by atoms with Crippen LogP contribution in [-0.2, 0) is 10.2 Å². The number of para-hydroxylation sites is 2. The Morgan fingerprint density at radius 2 is 1.72 bits per heavy atom. The topological polar surface area (TPSA) is 81.5 Å². The number of nitrogens with one attached hydrogen (secondary N) is 1. The molecule has 0 aromatic heterocycles. The van der Waals surface area contributed by atoms with Crippen molar-refractivity contribution >= 4 is 17.3 Å². The minimum absolute atomic E-state index is 0.0355. The lowest BCUT2D eigenvalue weighted by Gasteiger charge is -2.20. The fourth-order valence-electron chi connectivity index (χ4n) is 2.26. The Morgan fingerprint density at radius 1 is 1.12 bits per heavy atom. The largest absolute Gasteiger partial charge is 0.481 e. The van der Waals surface area contributed by atoms with E-state index in [4.69, 9.17) is 4.74 Å². The second-order valence-electron chi connectivity index (χ2n) is 6.80. The highest BCUT2D eigenvalue weighted by atomic mass is 16.6. The lowest BCUT2D eigenvalue weighted by atomic mass is 9.87. The van der Waals surface area contributed by atoms with Gasteiger partial charge in [0.15, 0.2) is 6.10 Å². The van der Waals surface area contributed by atoms with Crippen LogP contribution in [0.25, 0.3) is 0 Å². The molecule has 0 saturated heterocycles. The van der Waals surface area contributed by atoms with Crippen molar-refractivity contribution in [3.8, 4) is 5.75 Å². The van der Waals surface area contributed by atoms with E-state index in [1.54, 1.807) is 19.1 Å². The molecule has 0 spiro atoms. The van der Waals surface area contributed by atoms with Gasteiger partial charge in [0, 0.05) is 6.07 Å². The number of hydrogen-bond donors (Lipinski definition) is 1. The fourth-order valence-corrected chi connectivity index (χ4v) is 2.26. The molecule has 0 radical (unpaired) electrons. The summed E-state index contributed by atoms with van der Waals surface area (Å²) >= 11 is 0. The summed E-state index contributed by atoms with van der Waals surface area (Å²) in [4.78, 5) is 22.7. The highest BCUT2D eigenvalue weighted by molar-refractivity contribution is 5.96. The van der Waals surface area contributed by atoms with Gasteiger partial charge in [-0.2, -0.15) is 0 Å². The first-order valence-electron chi connectivity index (χ1n) is 8.00. The molecule has 25 heavy (non-hydrogen) atoms. The van der Waals surface area contributed by atoms with Gasteiger partial charge in [0.2, 0.25) is 0 Å². The van der Waals surface area contributed by atoms with Crippen molar-refractivity contribution in [2.45, 2.75) is 39.2 Å². The molecule has 1 atom stereocenters. The summed E-state index contributed by atoms with van der Waals surface area (Å²) in [6.07, 6.45) is -0.791. The SMILES string of the molecule is C[C@@H](Oc1ccc(C(C)(C)C)cc1)C(=O)Nc1ccccc1[N+](=O)[O-]. The van der Waals surface area contributed by atoms with E-state index in [-0.39, 0.29) is 16.8 Å². The smallest absolute Gasteiger partial charge is 0.292 e. The van der Waals surface area contributed by atoms with E-state index in [9.17, 15) is 14.9 Å². The van der Waals surface area contributed by atoms with Crippen LogP contribution >= 0.6 is 0 Å². The van der Waals surface area contributed by atoms with Crippen LogP contribution in [0, 0.1) is 10.1 Å². The Morgan fingerprint density at radius 3 is 2.28 bits per heavy atom. The average Bonchev–Trinajstić information content (AvgIpc) is 2.54. The second-order valence-corrected chi connectivity index (χ2v) is 6.80. The summed E-state index contributed by atoms with van der Waals surface area (Å²) in [5, 5.41) is 13.5. The fraction of sp³-hybridized carbons (Fsp3) is 0.316. The quantitative estimate of drug-likeness (QED) is 0.649. The van der Waals surface area contributed by atoms with Gasteiger partial charge in [-0.05, 0) is 36.1 Å². The molecule has 0 aliphatic heterocycles. The number of amides is 1. The molecule has 1 amide bonds. The number of hydrogen-bond acceptors (Lipinski definition) is 4. The first kappa shape index (κ1) is 18.4. The average molecular weight is 342 g/mol. The van der Waals surface area contributed by atoms with Crippen LogP contribution in [0.3, 0.4) is 0 Å².